The lowest BCUT2D eigenvalue weighted by Crippen LogP contribution is -2.28. The van der Waals surface area contributed by atoms with Crippen molar-refractivity contribution in [3.05, 3.63) is 64.1 Å². The van der Waals surface area contributed by atoms with E-state index in [2.05, 4.69) is 17.3 Å². The number of carbonyl (C=O) groups is 1. The van der Waals surface area contributed by atoms with E-state index in [9.17, 15) is 4.79 Å². The lowest BCUT2D eigenvalue weighted by atomic mass is 10.1. The Balaban J connectivity index is 1.84. The Labute approximate surface area is 156 Å². The lowest BCUT2D eigenvalue weighted by Gasteiger charge is -2.14. The first-order valence-corrected chi connectivity index (χ1v) is 9.47. The van der Waals surface area contributed by atoms with E-state index < -0.39 is 0 Å². The number of aryl methyl sites for hydroxylation is 1. The SMILES string of the molecule is CCCn1nc(-c2ccc(Cl)s2)cc1C(=O)N[C@@H](C)c1ccccc1. The zero-order valence-electron chi connectivity index (χ0n) is 14.2. The molecule has 25 heavy (non-hydrogen) atoms. The molecule has 3 rings (SSSR count). The minimum atomic E-state index is -0.119. The molecule has 1 amide bonds. The number of hydrogen-bond donors (Lipinski definition) is 1. The molecule has 3 aromatic rings. The van der Waals surface area contributed by atoms with Crippen LogP contribution in [-0.4, -0.2) is 15.7 Å². The number of nitrogens with zero attached hydrogens (tertiary/aromatic N) is 2. The van der Waals surface area contributed by atoms with Gasteiger partial charge in [0.05, 0.1) is 15.3 Å². The van der Waals surface area contributed by atoms with Gasteiger partial charge in [-0.05, 0) is 37.1 Å². The Bertz CT molecular complexity index is 857. The van der Waals surface area contributed by atoms with Crippen LogP contribution in [0.2, 0.25) is 4.34 Å². The Kier molecular flexibility index (Phi) is 5.56. The van der Waals surface area contributed by atoms with Gasteiger partial charge in [0.2, 0.25) is 0 Å². The Morgan fingerprint density at radius 3 is 2.68 bits per heavy atom. The summed E-state index contributed by atoms with van der Waals surface area (Å²) in [6.45, 7) is 4.74. The van der Waals surface area contributed by atoms with Gasteiger partial charge in [-0.1, -0.05) is 48.9 Å². The van der Waals surface area contributed by atoms with Crippen molar-refractivity contribution in [2.24, 2.45) is 0 Å². The van der Waals surface area contributed by atoms with Crippen molar-refractivity contribution in [1.82, 2.24) is 15.1 Å². The van der Waals surface area contributed by atoms with Crippen molar-refractivity contribution in [3.8, 4) is 10.6 Å². The molecule has 4 nitrogen and oxygen atoms in total. The van der Waals surface area contributed by atoms with Crippen molar-refractivity contribution in [1.29, 1.82) is 0 Å². The van der Waals surface area contributed by atoms with Crippen LogP contribution in [0.15, 0.2) is 48.5 Å². The molecule has 0 radical (unpaired) electrons. The molecule has 0 saturated heterocycles. The van der Waals surface area contributed by atoms with E-state index in [-0.39, 0.29) is 11.9 Å². The van der Waals surface area contributed by atoms with Gasteiger partial charge in [0.1, 0.15) is 11.4 Å². The van der Waals surface area contributed by atoms with Gasteiger partial charge in [0.15, 0.2) is 0 Å². The summed E-state index contributed by atoms with van der Waals surface area (Å²) in [6, 6.07) is 15.5. The van der Waals surface area contributed by atoms with Crippen LogP contribution in [0.5, 0.6) is 0 Å². The molecule has 0 spiro atoms. The number of thiophene rings is 1. The average molecular weight is 374 g/mol. The topological polar surface area (TPSA) is 46.9 Å². The molecule has 1 aromatic carbocycles. The summed E-state index contributed by atoms with van der Waals surface area (Å²) in [5, 5.41) is 7.65. The first kappa shape index (κ1) is 17.7. The summed E-state index contributed by atoms with van der Waals surface area (Å²) in [4.78, 5) is 13.7. The van der Waals surface area contributed by atoms with Crippen LogP contribution in [0.3, 0.4) is 0 Å². The number of benzene rings is 1. The molecule has 2 heterocycles. The van der Waals surface area contributed by atoms with Crippen LogP contribution in [-0.2, 0) is 6.54 Å². The third kappa shape index (κ3) is 4.11. The van der Waals surface area contributed by atoms with Crippen molar-refractivity contribution in [2.75, 3.05) is 0 Å². The zero-order valence-corrected chi connectivity index (χ0v) is 15.8. The van der Waals surface area contributed by atoms with Gasteiger partial charge < -0.3 is 5.32 Å². The second kappa shape index (κ2) is 7.85. The predicted octanol–water partition coefficient (Wildman–Crippen LogP) is 5.17. The third-order valence-corrected chi connectivity index (χ3v) is 5.17. The number of halogens is 1. The fraction of sp³-hybridized carbons (Fsp3) is 0.263. The molecule has 130 valence electrons. The monoisotopic (exact) mass is 373 g/mol. The van der Waals surface area contributed by atoms with Crippen LogP contribution in [0.4, 0.5) is 0 Å². The number of aromatic nitrogens is 2. The van der Waals surface area contributed by atoms with Crippen LogP contribution < -0.4 is 5.32 Å². The van der Waals surface area contributed by atoms with Gasteiger partial charge in [0.25, 0.3) is 5.91 Å². The summed E-state index contributed by atoms with van der Waals surface area (Å²) in [5.74, 6) is -0.119. The molecule has 0 aliphatic carbocycles. The van der Waals surface area contributed by atoms with Crippen LogP contribution in [0.25, 0.3) is 10.6 Å². The quantitative estimate of drug-likeness (QED) is 0.648. The van der Waals surface area contributed by atoms with E-state index in [1.165, 1.54) is 11.3 Å². The number of rotatable bonds is 6. The van der Waals surface area contributed by atoms with Crippen molar-refractivity contribution < 1.29 is 4.79 Å². The highest BCUT2D eigenvalue weighted by Crippen LogP contribution is 2.30. The van der Waals surface area contributed by atoms with Crippen molar-refractivity contribution in [2.45, 2.75) is 32.9 Å². The van der Waals surface area contributed by atoms with Crippen LogP contribution in [0.1, 0.15) is 42.4 Å². The molecule has 0 fully saturated rings. The second-order valence-corrected chi connectivity index (χ2v) is 7.56. The number of hydrogen-bond acceptors (Lipinski definition) is 3. The maximum Gasteiger partial charge on any atom is 0.270 e. The Morgan fingerprint density at radius 1 is 1.28 bits per heavy atom. The molecule has 0 unspecified atom stereocenters. The highest BCUT2D eigenvalue weighted by atomic mass is 35.5. The van der Waals surface area contributed by atoms with E-state index in [0.29, 0.717) is 16.6 Å². The van der Waals surface area contributed by atoms with Crippen LogP contribution >= 0.6 is 22.9 Å². The van der Waals surface area contributed by atoms with Gasteiger partial charge in [-0.2, -0.15) is 5.10 Å². The zero-order chi connectivity index (χ0) is 17.8. The fourth-order valence-electron chi connectivity index (χ4n) is 2.65. The normalized spacial score (nSPS) is 12.1. The summed E-state index contributed by atoms with van der Waals surface area (Å²) >= 11 is 7.48. The summed E-state index contributed by atoms with van der Waals surface area (Å²) in [6.07, 6.45) is 0.904. The highest BCUT2D eigenvalue weighted by molar-refractivity contribution is 7.19. The van der Waals surface area contributed by atoms with E-state index in [1.54, 1.807) is 4.68 Å². The standard InChI is InChI=1S/C19H20ClN3OS/c1-3-11-23-16(12-15(22-23)17-9-10-18(20)25-17)19(24)21-13(2)14-7-5-4-6-8-14/h4-10,12-13H,3,11H2,1-2H3,(H,21,24)/t13-/m0/s1. The molecule has 6 heteroatoms. The summed E-state index contributed by atoms with van der Waals surface area (Å²) < 4.78 is 2.49. The third-order valence-electron chi connectivity index (χ3n) is 3.92. The summed E-state index contributed by atoms with van der Waals surface area (Å²) in [7, 11) is 0. The first-order valence-electron chi connectivity index (χ1n) is 8.28. The van der Waals surface area contributed by atoms with E-state index in [1.807, 2.05) is 55.5 Å². The minimum absolute atomic E-state index is 0.0710. The van der Waals surface area contributed by atoms with Gasteiger partial charge in [-0.25, -0.2) is 0 Å². The molecule has 1 N–H and O–H groups in total. The predicted molar refractivity (Wildman–Crippen MR) is 103 cm³/mol. The molecule has 1 atom stereocenters. The Hall–Kier alpha value is -2.11. The van der Waals surface area contributed by atoms with Gasteiger partial charge in [-0.3, -0.25) is 9.48 Å². The largest absolute Gasteiger partial charge is 0.344 e. The second-order valence-electron chi connectivity index (χ2n) is 5.85. The molecule has 0 saturated carbocycles. The molecule has 0 aliphatic heterocycles. The molecule has 0 aliphatic rings. The van der Waals surface area contributed by atoms with Gasteiger partial charge in [0, 0.05) is 6.54 Å². The Morgan fingerprint density at radius 2 is 2.04 bits per heavy atom. The van der Waals surface area contributed by atoms with Gasteiger partial charge >= 0.3 is 0 Å². The molecule has 2 aromatic heterocycles. The van der Waals surface area contributed by atoms with Crippen molar-refractivity contribution in [3.63, 3.8) is 0 Å². The van der Waals surface area contributed by atoms with Crippen LogP contribution in [0, 0.1) is 0 Å². The summed E-state index contributed by atoms with van der Waals surface area (Å²) in [5.41, 5.74) is 2.43. The van der Waals surface area contributed by atoms with E-state index in [0.717, 1.165) is 22.6 Å². The van der Waals surface area contributed by atoms with Crippen molar-refractivity contribution >= 4 is 28.8 Å². The minimum Gasteiger partial charge on any atom is -0.344 e. The molecular weight excluding hydrogens is 354 g/mol. The lowest BCUT2D eigenvalue weighted by molar-refractivity contribution is 0.0928. The first-order chi connectivity index (χ1) is 12.1. The highest BCUT2D eigenvalue weighted by Gasteiger charge is 2.19. The smallest absolute Gasteiger partial charge is 0.270 e. The van der Waals surface area contributed by atoms with Gasteiger partial charge in [-0.15, -0.1) is 11.3 Å². The average Bonchev–Trinajstić information content (AvgIpc) is 3.22. The maximum atomic E-state index is 12.8. The molecular formula is C19H20ClN3OS. The van der Waals surface area contributed by atoms with E-state index in [4.69, 9.17) is 11.6 Å². The number of nitrogens with one attached hydrogen (secondary N) is 1. The maximum absolute atomic E-state index is 12.8. The number of amides is 1. The number of carbonyl (C=O) groups excluding carboxylic acids is 1. The fourth-order valence-corrected chi connectivity index (χ4v) is 3.65. The molecule has 0 bridgehead atoms. The van der Waals surface area contributed by atoms with E-state index >= 15 is 0 Å².